The summed E-state index contributed by atoms with van der Waals surface area (Å²) in [4.78, 5) is 15.1. The van der Waals surface area contributed by atoms with E-state index in [-0.39, 0.29) is 11.3 Å². The molecule has 15 heavy (non-hydrogen) atoms. The topological polar surface area (TPSA) is 102 Å². The maximum Gasteiger partial charge on any atom is 0.254 e. The molecule has 5 heteroatoms. The summed E-state index contributed by atoms with van der Waals surface area (Å²) < 4.78 is 0. The van der Waals surface area contributed by atoms with E-state index in [1.165, 1.54) is 12.3 Å². The first-order valence-corrected chi connectivity index (χ1v) is 4.27. The summed E-state index contributed by atoms with van der Waals surface area (Å²) in [5.41, 5.74) is 11.7. The minimum atomic E-state index is -0.726. The number of rotatable bonds is 1. The number of aromatic nitrogens is 1. The van der Waals surface area contributed by atoms with Gasteiger partial charge in [0.1, 0.15) is 11.3 Å². The van der Waals surface area contributed by atoms with E-state index in [9.17, 15) is 9.90 Å². The van der Waals surface area contributed by atoms with Crippen LogP contribution in [0.1, 0.15) is 10.4 Å². The van der Waals surface area contributed by atoms with Gasteiger partial charge in [-0.1, -0.05) is 0 Å². The molecule has 0 unspecified atom stereocenters. The van der Waals surface area contributed by atoms with Gasteiger partial charge in [0, 0.05) is 17.3 Å². The van der Waals surface area contributed by atoms with Gasteiger partial charge in [0.05, 0.1) is 5.52 Å². The lowest BCUT2D eigenvalue weighted by Crippen LogP contribution is -2.12. The fourth-order valence-corrected chi connectivity index (χ4v) is 1.47. The van der Waals surface area contributed by atoms with Crippen molar-refractivity contribution in [3.63, 3.8) is 0 Å². The van der Waals surface area contributed by atoms with Gasteiger partial charge < -0.3 is 16.6 Å². The number of nitrogens with zero attached hydrogens (tertiary/aromatic N) is 1. The van der Waals surface area contributed by atoms with E-state index in [0.717, 1.165) is 0 Å². The molecule has 0 aliphatic rings. The van der Waals surface area contributed by atoms with Crippen LogP contribution in [-0.2, 0) is 0 Å². The van der Waals surface area contributed by atoms with Crippen molar-refractivity contribution in [2.24, 2.45) is 5.73 Å². The first-order chi connectivity index (χ1) is 7.11. The summed E-state index contributed by atoms with van der Waals surface area (Å²) in [7, 11) is 0. The van der Waals surface area contributed by atoms with Gasteiger partial charge in [0.25, 0.3) is 5.91 Å². The number of primary amides is 1. The third-order valence-electron chi connectivity index (χ3n) is 2.17. The maximum absolute atomic E-state index is 11.1. The molecule has 0 aliphatic heterocycles. The van der Waals surface area contributed by atoms with E-state index in [1.54, 1.807) is 12.1 Å². The molecule has 0 spiro atoms. The van der Waals surface area contributed by atoms with Gasteiger partial charge >= 0.3 is 0 Å². The number of amides is 1. The van der Waals surface area contributed by atoms with Crippen molar-refractivity contribution in [2.45, 2.75) is 0 Å². The lowest BCUT2D eigenvalue weighted by atomic mass is 10.1. The number of nitrogens with two attached hydrogens (primary N) is 2. The standard InChI is InChI=1S/C10H9N3O2/c11-6-3-4-13-9-5(6)1-2-7(14)8(9)10(12)15/h1-4,14H,(H2,11,13)(H2,12,15). The number of hydrogen-bond acceptors (Lipinski definition) is 4. The molecular weight excluding hydrogens is 194 g/mol. The molecule has 1 heterocycles. The minimum Gasteiger partial charge on any atom is -0.507 e. The molecule has 0 radical (unpaired) electrons. The van der Waals surface area contributed by atoms with E-state index in [1.807, 2.05) is 0 Å². The summed E-state index contributed by atoms with van der Waals surface area (Å²) in [6.45, 7) is 0. The number of carbonyl (C=O) groups excluding carboxylic acids is 1. The molecule has 1 aromatic heterocycles. The molecule has 5 N–H and O–H groups in total. The summed E-state index contributed by atoms with van der Waals surface area (Å²) in [5, 5.41) is 10.1. The Morgan fingerprint density at radius 2 is 2.07 bits per heavy atom. The zero-order chi connectivity index (χ0) is 11.0. The first kappa shape index (κ1) is 9.26. The van der Waals surface area contributed by atoms with Crippen LogP contribution >= 0.6 is 0 Å². The average Bonchev–Trinajstić information content (AvgIpc) is 2.17. The molecule has 1 amide bonds. The van der Waals surface area contributed by atoms with Gasteiger partial charge in [0.15, 0.2) is 0 Å². The predicted molar refractivity (Wildman–Crippen MR) is 56.3 cm³/mol. The molecule has 76 valence electrons. The average molecular weight is 203 g/mol. The van der Waals surface area contributed by atoms with E-state index < -0.39 is 5.91 Å². The fraction of sp³-hybridized carbons (Fsp3) is 0. The SMILES string of the molecule is NC(=O)c1c(O)ccc2c(N)ccnc12. The smallest absolute Gasteiger partial charge is 0.254 e. The summed E-state index contributed by atoms with van der Waals surface area (Å²) in [6.07, 6.45) is 1.46. The Bertz CT molecular complexity index is 552. The van der Waals surface area contributed by atoms with Gasteiger partial charge in [-0.15, -0.1) is 0 Å². The summed E-state index contributed by atoms with van der Waals surface area (Å²) in [5.74, 6) is -0.913. The second kappa shape index (κ2) is 3.13. The van der Waals surface area contributed by atoms with Crippen LogP contribution in [0.5, 0.6) is 5.75 Å². The van der Waals surface area contributed by atoms with Gasteiger partial charge in [-0.2, -0.15) is 0 Å². The number of anilines is 1. The number of hydrogen-bond donors (Lipinski definition) is 3. The molecule has 1 aromatic carbocycles. The zero-order valence-corrected chi connectivity index (χ0v) is 7.77. The van der Waals surface area contributed by atoms with Crippen LogP contribution in [0.3, 0.4) is 0 Å². The Balaban J connectivity index is 2.94. The Morgan fingerprint density at radius 3 is 2.73 bits per heavy atom. The Hall–Kier alpha value is -2.30. The highest BCUT2D eigenvalue weighted by Crippen LogP contribution is 2.27. The highest BCUT2D eigenvalue weighted by atomic mass is 16.3. The number of pyridine rings is 1. The quantitative estimate of drug-likeness (QED) is 0.632. The zero-order valence-electron chi connectivity index (χ0n) is 7.77. The van der Waals surface area contributed by atoms with Gasteiger partial charge in [-0.25, -0.2) is 0 Å². The number of nitrogen functional groups attached to an aromatic ring is 1. The molecule has 0 bridgehead atoms. The van der Waals surface area contributed by atoms with Gasteiger partial charge in [-0.3, -0.25) is 9.78 Å². The highest BCUT2D eigenvalue weighted by Gasteiger charge is 2.14. The van der Waals surface area contributed by atoms with Crippen molar-refractivity contribution in [1.29, 1.82) is 0 Å². The summed E-state index contributed by atoms with van der Waals surface area (Å²) >= 11 is 0. The largest absolute Gasteiger partial charge is 0.507 e. The number of aromatic hydroxyl groups is 1. The van der Waals surface area contributed by atoms with Crippen molar-refractivity contribution >= 4 is 22.5 Å². The van der Waals surface area contributed by atoms with E-state index in [2.05, 4.69) is 4.98 Å². The third-order valence-corrected chi connectivity index (χ3v) is 2.17. The van der Waals surface area contributed by atoms with Gasteiger partial charge in [-0.05, 0) is 18.2 Å². The van der Waals surface area contributed by atoms with Crippen molar-refractivity contribution in [1.82, 2.24) is 4.98 Å². The predicted octanol–water partition coefficient (Wildman–Crippen LogP) is 0.622. The first-order valence-electron chi connectivity index (χ1n) is 4.27. The van der Waals surface area contributed by atoms with Crippen LogP contribution in [0.4, 0.5) is 5.69 Å². The van der Waals surface area contributed by atoms with Crippen molar-refractivity contribution < 1.29 is 9.90 Å². The lowest BCUT2D eigenvalue weighted by molar-refractivity contribution is 0.0999. The normalized spacial score (nSPS) is 10.4. The Kier molecular flexibility index (Phi) is 1.93. The van der Waals surface area contributed by atoms with Crippen LogP contribution in [0.15, 0.2) is 24.4 Å². The molecule has 0 aliphatic carbocycles. The number of phenols is 1. The van der Waals surface area contributed by atoms with Crippen molar-refractivity contribution in [3.8, 4) is 5.75 Å². The number of carbonyl (C=O) groups is 1. The number of fused-ring (bicyclic) bond motifs is 1. The maximum atomic E-state index is 11.1. The summed E-state index contributed by atoms with van der Waals surface area (Å²) in [6, 6.07) is 4.59. The van der Waals surface area contributed by atoms with Crippen molar-refractivity contribution in [3.05, 3.63) is 30.0 Å². The highest BCUT2D eigenvalue weighted by molar-refractivity contribution is 6.09. The minimum absolute atomic E-state index is 0.000185. The molecular formula is C10H9N3O2. The van der Waals surface area contributed by atoms with E-state index in [4.69, 9.17) is 11.5 Å². The molecule has 0 fully saturated rings. The van der Waals surface area contributed by atoms with E-state index >= 15 is 0 Å². The molecule has 2 rings (SSSR count). The molecule has 5 nitrogen and oxygen atoms in total. The van der Waals surface area contributed by atoms with Crippen LogP contribution in [-0.4, -0.2) is 16.0 Å². The van der Waals surface area contributed by atoms with Gasteiger partial charge in [0.2, 0.25) is 0 Å². The lowest BCUT2D eigenvalue weighted by Gasteiger charge is -2.06. The molecule has 0 atom stereocenters. The fourth-order valence-electron chi connectivity index (χ4n) is 1.47. The van der Waals surface area contributed by atoms with Crippen LogP contribution in [0.25, 0.3) is 10.9 Å². The molecule has 0 saturated heterocycles. The Labute approximate surface area is 85.3 Å². The van der Waals surface area contributed by atoms with Crippen molar-refractivity contribution in [2.75, 3.05) is 5.73 Å². The molecule has 2 aromatic rings. The van der Waals surface area contributed by atoms with Crippen LogP contribution in [0.2, 0.25) is 0 Å². The van der Waals surface area contributed by atoms with Crippen LogP contribution in [0, 0.1) is 0 Å². The second-order valence-corrected chi connectivity index (χ2v) is 3.12. The van der Waals surface area contributed by atoms with Crippen LogP contribution < -0.4 is 11.5 Å². The molecule has 0 saturated carbocycles. The second-order valence-electron chi connectivity index (χ2n) is 3.12. The third kappa shape index (κ3) is 1.34. The monoisotopic (exact) mass is 203 g/mol. The Morgan fingerprint density at radius 1 is 1.33 bits per heavy atom. The van der Waals surface area contributed by atoms with E-state index in [0.29, 0.717) is 16.6 Å². The number of benzene rings is 1.